The molecule has 4 rings (SSSR count). The molecular formula is C25H38N6. The van der Waals surface area contributed by atoms with Gasteiger partial charge in [0, 0.05) is 37.4 Å². The minimum absolute atomic E-state index is 0.603. The molecule has 0 amide bonds. The molecule has 2 heterocycles. The largest absolute Gasteiger partial charge is 0.357 e. The number of rotatable bonds is 3. The Kier molecular flexibility index (Phi) is 9.16. The Morgan fingerprint density at radius 1 is 1.10 bits per heavy atom. The number of hydrogen-bond donors (Lipinski definition) is 2. The zero-order valence-corrected chi connectivity index (χ0v) is 20.2. The second-order valence-electron chi connectivity index (χ2n) is 8.43. The topological polar surface area (TPSA) is 78.3 Å². The van der Waals surface area contributed by atoms with Crippen LogP contribution in [0, 0.1) is 12.3 Å². The second-order valence-corrected chi connectivity index (χ2v) is 8.43. The zero-order chi connectivity index (χ0) is 22.9. The number of aromatic nitrogens is 3. The Balaban J connectivity index is 0.000000286. The van der Waals surface area contributed by atoms with Crippen LogP contribution in [0.3, 0.4) is 0 Å². The third-order valence-electron chi connectivity index (χ3n) is 5.58. The maximum atomic E-state index is 4.40. The van der Waals surface area contributed by atoms with Crippen molar-refractivity contribution in [3.8, 4) is 11.1 Å². The normalized spacial score (nSPS) is 15.1. The summed E-state index contributed by atoms with van der Waals surface area (Å²) >= 11 is 0. The molecule has 0 saturated heterocycles. The lowest BCUT2D eigenvalue weighted by atomic mass is 9.78. The molecule has 31 heavy (non-hydrogen) atoms. The third kappa shape index (κ3) is 6.61. The first-order valence-electron chi connectivity index (χ1n) is 11.4. The van der Waals surface area contributed by atoms with E-state index in [4.69, 9.17) is 0 Å². The van der Waals surface area contributed by atoms with E-state index >= 15 is 0 Å². The smallest absolute Gasteiger partial charge is 0.224 e. The van der Waals surface area contributed by atoms with Gasteiger partial charge in [0.1, 0.15) is 5.65 Å². The van der Waals surface area contributed by atoms with Gasteiger partial charge in [-0.3, -0.25) is 0 Å². The molecule has 0 spiro atoms. The summed E-state index contributed by atoms with van der Waals surface area (Å²) in [4.78, 5) is 11.9. The molecule has 168 valence electrons. The van der Waals surface area contributed by atoms with Gasteiger partial charge in [-0.15, -0.1) is 0 Å². The van der Waals surface area contributed by atoms with E-state index in [0.29, 0.717) is 11.4 Å². The summed E-state index contributed by atoms with van der Waals surface area (Å²) in [6.45, 7) is 10.8. The van der Waals surface area contributed by atoms with Crippen LogP contribution in [0.4, 0.5) is 11.6 Å². The highest BCUT2D eigenvalue weighted by Crippen LogP contribution is 2.34. The van der Waals surface area contributed by atoms with E-state index in [2.05, 4.69) is 50.4 Å². The zero-order valence-electron chi connectivity index (χ0n) is 20.2. The first-order valence-corrected chi connectivity index (χ1v) is 11.4. The van der Waals surface area contributed by atoms with Gasteiger partial charge in [0.15, 0.2) is 0 Å². The molecule has 0 unspecified atom stereocenters. The first kappa shape index (κ1) is 24.5. The molecule has 2 aromatic heterocycles. The predicted octanol–water partition coefficient (Wildman–Crippen LogP) is 7.69. The SMILES string of the molecule is CC.CC1(C)CCCCC1.CN=Nc1ccc(-c2c[nH]c3nc(NC)ncc23)cc1C. The number of nitrogens with zero attached hydrogens (tertiary/aromatic N) is 4. The Labute approximate surface area is 187 Å². The van der Waals surface area contributed by atoms with Crippen molar-refractivity contribution in [1.29, 1.82) is 0 Å². The standard InChI is InChI=1S/C15H16N6.C8H16.C2H6/c1-9-6-10(4-5-13(9)21-17-3)11-7-18-14-12(11)8-19-15(16-2)20-14;1-8(2)6-4-3-5-7-8;1-2/h4-8H,1-3H3,(H2,16,18,19,20);3-7H2,1-2H3;1-2H3. The highest BCUT2D eigenvalue weighted by molar-refractivity contribution is 5.93. The summed E-state index contributed by atoms with van der Waals surface area (Å²) in [7, 11) is 3.47. The van der Waals surface area contributed by atoms with Crippen LogP contribution in [0.5, 0.6) is 0 Å². The highest BCUT2D eigenvalue weighted by Gasteiger charge is 2.19. The van der Waals surface area contributed by atoms with Crippen LogP contribution in [0.15, 0.2) is 40.8 Å². The van der Waals surface area contributed by atoms with Crippen LogP contribution in [0.1, 0.15) is 65.4 Å². The molecule has 1 aliphatic carbocycles. The Hall–Kier alpha value is -2.76. The van der Waals surface area contributed by atoms with Gasteiger partial charge in [0.05, 0.1) is 5.69 Å². The average Bonchev–Trinajstić information content (AvgIpc) is 3.20. The number of aromatic amines is 1. The molecule has 1 saturated carbocycles. The van der Waals surface area contributed by atoms with Gasteiger partial charge in [0.25, 0.3) is 0 Å². The van der Waals surface area contributed by atoms with Crippen LogP contribution >= 0.6 is 0 Å². The summed E-state index contributed by atoms with van der Waals surface area (Å²) < 4.78 is 0. The number of nitrogens with one attached hydrogen (secondary N) is 2. The number of aryl methyl sites for hydroxylation is 1. The summed E-state index contributed by atoms with van der Waals surface area (Å²) in [5.74, 6) is 0.603. The van der Waals surface area contributed by atoms with Gasteiger partial charge < -0.3 is 10.3 Å². The summed E-state index contributed by atoms with van der Waals surface area (Å²) in [5.41, 5.74) is 5.65. The van der Waals surface area contributed by atoms with Crippen molar-refractivity contribution in [1.82, 2.24) is 15.0 Å². The van der Waals surface area contributed by atoms with Gasteiger partial charge in [0.2, 0.25) is 5.95 Å². The van der Waals surface area contributed by atoms with Crippen molar-refractivity contribution in [2.45, 2.75) is 66.7 Å². The lowest BCUT2D eigenvalue weighted by molar-refractivity contribution is 0.244. The van der Waals surface area contributed by atoms with Crippen LogP contribution in [0.2, 0.25) is 0 Å². The number of fused-ring (bicyclic) bond motifs is 1. The number of azo groups is 1. The second kappa shape index (κ2) is 11.6. The first-order chi connectivity index (χ1) is 14.9. The molecule has 0 radical (unpaired) electrons. The van der Waals surface area contributed by atoms with E-state index in [0.717, 1.165) is 33.4 Å². The molecule has 1 aromatic carbocycles. The van der Waals surface area contributed by atoms with E-state index < -0.39 is 0 Å². The quantitative estimate of drug-likeness (QED) is 0.425. The van der Waals surface area contributed by atoms with Crippen LogP contribution < -0.4 is 5.32 Å². The van der Waals surface area contributed by atoms with Gasteiger partial charge >= 0.3 is 0 Å². The molecule has 0 bridgehead atoms. The molecule has 6 heteroatoms. The summed E-state index contributed by atoms with van der Waals surface area (Å²) in [6, 6.07) is 6.10. The molecule has 2 N–H and O–H groups in total. The van der Waals surface area contributed by atoms with Crippen LogP contribution in [-0.2, 0) is 0 Å². The molecule has 0 atom stereocenters. The van der Waals surface area contributed by atoms with Crippen molar-refractivity contribution in [2.75, 3.05) is 19.4 Å². The molecule has 3 aromatic rings. The summed E-state index contributed by atoms with van der Waals surface area (Å²) in [6.07, 6.45) is 11.1. The number of anilines is 1. The maximum absolute atomic E-state index is 4.40. The number of H-pyrrole nitrogens is 1. The van der Waals surface area contributed by atoms with E-state index in [9.17, 15) is 0 Å². The number of benzene rings is 1. The average molecular weight is 423 g/mol. The minimum atomic E-state index is 0.603. The summed E-state index contributed by atoms with van der Waals surface area (Å²) in [5, 5.41) is 11.9. The lowest BCUT2D eigenvalue weighted by Gasteiger charge is -2.28. The fourth-order valence-electron chi connectivity index (χ4n) is 3.82. The fraction of sp³-hybridized carbons (Fsp3) is 0.520. The Bertz CT molecular complexity index is 979. The third-order valence-corrected chi connectivity index (χ3v) is 5.58. The molecule has 1 aliphatic rings. The van der Waals surface area contributed by atoms with Crippen molar-refractivity contribution >= 4 is 22.7 Å². The molecular weight excluding hydrogens is 384 g/mol. The predicted molar refractivity (Wildman–Crippen MR) is 132 cm³/mol. The highest BCUT2D eigenvalue weighted by atomic mass is 15.1. The van der Waals surface area contributed by atoms with E-state index in [1.54, 1.807) is 14.1 Å². The van der Waals surface area contributed by atoms with Crippen molar-refractivity contribution in [3.05, 3.63) is 36.2 Å². The van der Waals surface area contributed by atoms with Crippen LogP contribution in [0.25, 0.3) is 22.2 Å². The van der Waals surface area contributed by atoms with E-state index in [1.165, 1.54) is 32.1 Å². The van der Waals surface area contributed by atoms with Crippen molar-refractivity contribution in [2.24, 2.45) is 15.6 Å². The monoisotopic (exact) mass is 422 g/mol. The van der Waals surface area contributed by atoms with Crippen molar-refractivity contribution < 1.29 is 0 Å². The van der Waals surface area contributed by atoms with Crippen LogP contribution in [-0.4, -0.2) is 29.0 Å². The Morgan fingerprint density at radius 3 is 2.35 bits per heavy atom. The minimum Gasteiger partial charge on any atom is -0.357 e. The molecule has 0 aliphatic heterocycles. The Morgan fingerprint density at radius 2 is 1.81 bits per heavy atom. The maximum Gasteiger partial charge on any atom is 0.224 e. The van der Waals surface area contributed by atoms with Crippen molar-refractivity contribution in [3.63, 3.8) is 0 Å². The van der Waals surface area contributed by atoms with E-state index in [-0.39, 0.29) is 0 Å². The number of hydrogen-bond acceptors (Lipinski definition) is 5. The van der Waals surface area contributed by atoms with Gasteiger partial charge in [-0.25, -0.2) is 4.98 Å². The van der Waals surface area contributed by atoms with Gasteiger partial charge in [-0.2, -0.15) is 15.2 Å². The van der Waals surface area contributed by atoms with Gasteiger partial charge in [-0.1, -0.05) is 53.0 Å². The van der Waals surface area contributed by atoms with E-state index in [1.807, 2.05) is 45.3 Å². The lowest BCUT2D eigenvalue weighted by Crippen LogP contribution is -2.14. The fourth-order valence-corrected chi connectivity index (χ4v) is 3.82. The van der Waals surface area contributed by atoms with Gasteiger partial charge in [-0.05, 0) is 48.4 Å². The molecule has 1 fully saturated rings. The molecule has 6 nitrogen and oxygen atoms in total.